The molecule has 1 aromatic carbocycles. The van der Waals surface area contributed by atoms with Gasteiger partial charge in [-0.2, -0.15) is 11.8 Å². The quantitative estimate of drug-likeness (QED) is 0.800. The van der Waals surface area contributed by atoms with E-state index in [0.717, 1.165) is 17.9 Å². The lowest BCUT2D eigenvalue weighted by Gasteiger charge is -2.13. The molecule has 0 aromatic heterocycles. The van der Waals surface area contributed by atoms with Crippen LogP contribution in [0.2, 0.25) is 0 Å². The van der Waals surface area contributed by atoms with Crippen LogP contribution in [0.1, 0.15) is 16.8 Å². The minimum absolute atomic E-state index is 0.0886. The molecule has 3 N–H and O–H groups in total. The van der Waals surface area contributed by atoms with E-state index in [1.165, 1.54) is 7.11 Å². The molecular formula is C12H16N2O2S. The first-order valence-corrected chi connectivity index (χ1v) is 6.68. The third-order valence-corrected chi connectivity index (χ3v) is 3.90. The molecule has 1 heterocycles. The Morgan fingerprint density at radius 1 is 1.59 bits per heavy atom. The summed E-state index contributed by atoms with van der Waals surface area (Å²) >= 11 is 1.87. The Hall–Kier alpha value is -1.36. The second-order valence-electron chi connectivity index (χ2n) is 3.99. The summed E-state index contributed by atoms with van der Waals surface area (Å²) in [4.78, 5) is 12.1. The average Bonchev–Trinajstić information content (AvgIpc) is 2.81. The number of ether oxygens (including phenoxy) is 1. The third-order valence-electron chi connectivity index (χ3n) is 2.74. The molecule has 1 aliphatic rings. The van der Waals surface area contributed by atoms with Crippen LogP contribution in [0.5, 0.6) is 5.75 Å². The standard InChI is InChI=1S/C12H16N2O2S/c1-16-11-6-8(13)2-3-10(11)12(15)14-9-4-5-17-7-9/h2-3,6,9H,4-5,7,13H2,1H3,(H,14,15). The topological polar surface area (TPSA) is 64.3 Å². The lowest BCUT2D eigenvalue weighted by molar-refractivity contribution is 0.0938. The fourth-order valence-corrected chi connectivity index (χ4v) is 2.96. The van der Waals surface area contributed by atoms with Gasteiger partial charge in [-0.15, -0.1) is 0 Å². The number of anilines is 1. The molecule has 1 amide bonds. The molecule has 2 rings (SSSR count). The molecule has 0 saturated carbocycles. The number of hydrogen-bond donors (Lipinski definition) is 2. The van der Waals surface area contributed by atoms with Gasteiger partial charge < -0.3 is 15.8 Å². The van der Waals surface area contributed by atoms with Crippen LogP contribution in [-0.4, -0.2) is 30.6 Å². The molecule has 0 spiro atoms. The molecule has 1 saturated heterocycles. The number of thioether (sulfide) groups is 1. The largest absolute Gasteiger partial charge is 0.496 e. The first-order valence-electron chi connectivity index (χ1n) is 5.53. The summed E-state index contributed by atoms with van der Waals surface area (Å²) in [6.45, 7) is 0. The van der Waals surface area contributed by atoms with Gasteiger partial charge in [0.2, 0.25) is 0 Å². The van der Waals surface area contributed by atoms with Gasteiger partial charge in [-0.3, -0.25) is 4.79 Å². The highest BCUT2D eigenvalue weighted by atomic mass is 32.2. The second-order valence-corrected chi connectivity index (χ2v) is 5.14. The number of rotatable bonds is 3. The number of nitrogens with two attached hydrogens (primary N) is 1. The Morgan fingerprint density at radius 3 is 3.06 bits per heavy atom. The molecule has 4 nitrogen and oxygen atoms in total. The van der Waals surface area contributed by atoms with E-state index in [4.69, 9.17) is 10.5 Å². The highest BCUT2D eigenvalue weighted by Crippen LogP contribution is 2.23. The summed E-state index contributed by atoms with van der Waals surface area (Å²) in [6, 6.07) is 5.35. The number of carbonyl (C=O) groups is 1. The molecule has 0 radical (unpaired) electrons. The van der Waals surface area contributed by atoms with E-state index in [2.05, 4.69) is 5.32 Å². The molecule has 1 atom stereocenters. The van der Waals surface area contributed by atoms with Gasteiger partial charge in [0.1, 0.15) is 5.75 Å². The summed E-state index contributed by atoms with van der Waals surface area (Å²) in [5, 5.41) is 3.01. The van der Waals surface area contributed by atoms with Crippen molar-refractivity contribution in [2.24, 2.45) is 0 Å². The highest BCUT2D eigenvalue weighted by molar-refractivity contribution is 7.99. The van der Waals surface area contributed by atoms with E-state index >= 15 is 0 Å². The van der Waals surface area contributed by atoms with Gasteiger partial charge in [0.15, 0.2) is 0 Å². The van der Waals surface area contributed by atoms with E-state index in [1.54, 1.807) is 18.2 Å². The Morgan fingerprint density at radius 2 is 2.41 bits per heavy atom. The molecule has 1 fully saturated rings. The van der Waals surface area contributed by atoms with Gasteiger partial charge in [-0.25, -0.2) is 0 Å². The number of methoxy groups -OCH3 is 1. The molecule has 1 aliphatic heterocycles. The molecular weight excluding hydrogens is 236 g/mol. The molecule has 1 unspecified atom stereocenters. The van der Waals surface area contributed by atoms with Crippen LogP contribution < -0.4 is 15.8 Å². The van der Waals surface area contributed by atoms with Crippen LogP contribution in [-0.2, 0) is 0 Å². The van der Waals surface area contributed by atoms with Gasteiger partial charge in [0.25, 0.3) is 5.91 Å². The van der Waals surface area contributed by atoms with Crippen LogP contribution in [0.25, 0.3) is 0 Å². The Kier molecular flexibility index (Phi) is 3.78. The lowest BCUT2D eigenvalue weighted by atomic mass is 10.1. The van der Waals surface area contributed by atoms with Crippen molar-refractivity contribution in [1.29, 1.82) is 0 Å². The highest BCUT2D eigenvalue weighted by Gasteiger charge is 2.20. The first kappa shape index (κ1) is 12.1. The summed E-state index contributed by atoms with van der Waals surface area (Å²) in [7, 11) is 1.54. The van der Waals surface area contributed by atoms with Gasteiger partial charge >= 0.3 is 0 Å². The smallest absolute Gasteiger partial charge is 0.255 e. The fraction of sp³-hybridized carbons (Fsp3) is 0.417. The number of hydrogen-bond acceptors (Lipinski definition) is 4. The number of nitrogen functional groups attached to an aromatic ring is 1. The van der Waals surface area contributed by atoms with Gasteiger partial charge in [0.05, 0.1) is 12.7 Å². The lowest BCUT2D eigenvalue weighted by Crippen LogP contribution is -2.34. The summed E-state index contributed by atoms with van der Waals surface area (Å²) in [6.07, 6.45) is 1.04. The Bertz CT molecular complexity index is 417. The van der Waals surface area contributed by atoms with Gasteiger partial charge in [-0.05, 0) is 24.3 Å². The minimum atomic E-state index is -0.0886. The summed E-state index contributed by atoms with van der Waals surface area (Å²) in [5.74, 6) is 2.54. The summed E-state index contributed by atoms with van der Waals surface area (Å²) < 4.78 is 5.17. The zero-order valence-electron chi connectivity index (χ0n) is 9.73. The monoisotopic (exact) mass is 252 g/mol. The van der Waals surface area contributed by atoms with Crippen LogP contribution in [0.15, 0.2) is 18.2 Å². The molecule has 17 heavy (non-hydrogen) atoms. The van der Waals surface area contributed by atoms with Crippen molar-refractivity contribution in [3.05, 3.63) is 23.8 Å². The Labute approximate surface area is 105 Å². The van der Waals surface area contributed by atoms with E-state index < -0.39 is 0 Å². The maximum Gasteiger partial charge on any atom is 0.255 e. The molecule has 1 aromatic rings. The van der Waals surface area contributed by atoms with Crippen molar-refractivity contribution in [3.63, 3.8) is 0 Å². The van der Waals surface area contributed by atoms with Crippen LogP contribution in [0.4, 0.5) is 5.69 Å². The van der Waals surface area contributed by atoms with Crippen molar-refractivity contribution in [1.82, 2.24) is 5.32 Å². The average molecular weight is 252 g/mol. The normalized spacial score (nSPS) is 19.0. The van der Waals surface area contributed by atoms with Crippen LogP contribution in [0.3, 0.4) is 0 Å². The van der Waals surface area contributed by atoms with Gasteiger partial charge in [0, 0.05) is 23.5 Å². The number of amides is 1. The van der Waals surface area contributed by atoms with Gasteiger partial charge in [-0.1, -0.05) is 0 Å². The predicted molar refractivity (Wildman–Crippen MR) is 70.6 cm³/mol. The van der Waals surface area contributed by atoms with Crippen LogP contribution >= 0.6 is 11.8 Å². The van der Waals surface area contributed by atoms with E-state index in [0.29, 0.717) is 17.0 Å². The number of benzene rings is 1. The molecule has 92 valence electrons. The second kappa shape index (κ2) is 5.31. The third kappa shape index (κ3) is 2.85. The Balaban J connectivity index is 2.12. The molecule has 0 bridgehead atoms. The number of carbonyl (C=O) groups excluding carboxylic acids is 1. The van der Waals surface area contributed by atoms with Crippen molar-refractivity contribution >= 4 is 23.4 Å². The van der Waals surface area contributed by atoms with Crippen molar-refractivity contribution in [2.75, 3.05) is 24.3 Å². The maximum atomic E-state index is 12.1. The predicted octanol–water partition coefficient (Wildman–Crippen LogP) is 1.51. The SMILES string of the molecule is COc1cc(N)ccc1C(=O)NC1CCSC1. The maximum absolute atomic E-state index is 12.1. The first-order chi connectivity index (χ1) is 8.20. The van der Waals surface area contributed by atoms with Crippen LogP contribution in [0, 0.1) is 0 Å². The van der Waals surface area contributed by atoms with E-state index in [1.807, 2.05) is 11.8 Å². The van der Waals surface area contributed by atoms with E-state index in [9.17, 15) is 4.79 Å². The van der Waals surface area contributed by atoms with E-state index in [-0.39, 0.29) is 11.9 Å². The number of nitrogens with one attached hydrogen (secondary N) is 1. The van der Waals surface area contributed by atoms with Crippen molar-refractivity contribution in [3.8, 4) is 5.75 Å². The van der Waals surface area contributed by atoms with Crippen molar-refractivity contribution in [2.45, 2.75) is 12.5 Å². The zero-order chi connectivity index (χ0) is 12.3. The minimum Gasteiger partial charge on any atom is -0.496 e. The molecule has 5 heteroatoms. The fourth-order valence-electron chi connectivity index (χ4n) is 1.81. The summed E-state index contributed by atoms with van der Waals surface area (Å²) in [5.41, 5.74) is 6.78. The zero-order valence-corrected chi connectivity index (χ0v) is 10.5. The van der Waals surface area contributed by atoms with Crippen molar-refractivity contribution < 1.29 is 9.53 Å². The molecule has 0 aliphatic carbocycles.